The molecule has 0 nitrogen and oxygen atoms in total. The van der Waals surface area contributed by atoms with E-state index in [9.17, 15) is 8.78 Å². The Morgan fingerprint density at radius 1 is 0.700 bits per heavy atom. The first kappa shape index (κ1) is 16.7. The average molecular weight is 307 g/mol. The highest BCUT2D eigenvalue weighted by atomic mass is 28.3. The van der Waals surface area contributed by atoms with Crippen molar-refractivity contribution in [1.82, 2.24) is 0 Å². The van der Waals surface area contributed by atoms with E-state index >= 15 is 0 Å². The number of benzene rings is 1. The smallest absolute Gasteiger partial charge is 0.141 e. The lowest BCUT2D eigenvalue weighted by Gasteiger charge is -2.05. The summed E-state index contributed by atoms with van der Waals surface area (Å²) in [4.78, 5) is 0. The summed E-state index contributed by atoms with van der Waals surface area (Å²) in [6.45, 7) is 12.5. The minimum absolute atomic E-state index is 0.230. The van der Waals surface area contributed by atoms with Crippen molar-refractivity contribution in [2.75, 3.05) is 0 Å². The van der Waals surface area contributed by atoms with Crippen molar-refractivity contribution < 1.29 is 8.78 Å². The molecule has 0 aromatic heterocycles. The minimum Gasteiger partial charge on any atom is -0.206 e. The van der Waals surface area contributed by atoms with Crippen molar-refractivity contribution in [3.63, 3.8) is 0 Å². The van der Waals surface area contributed by atoms with Gasteiger partial charge in [-0.25, -0.2) is 8.78 Å². The lowest BCUT2D eigenvalue weighted by molar-refractivity contribution is 0.579. The van der Waals surface area contributed by atoms with Gasteiger partial charge >= 0.3 is 0 Å². The zero-order valence-electron chi connectivity index (χ0n) is 12.9. The highest BCUT2D eigenvalue weighted by Gasteiger charge is 2.12. The highest BCUT2D eigenvalue weighted by Crippen LogP contribution is 2.14. The van der Waals surface area contributed by atoms with Crippen LogP contribution < -0.4 is 0 Å². The Morgan fingerprint density at radius 2 is 1.05 bits per heavy atom. The number of hydrogen-bond acceptors (Lipinski definition) is 0. The van der Waals surface area contributed by atoms with Crippen LogP contribution in [-0.2, 0) is 0 Å². The van der Waals surface area contributed by atoms with Crippen molar-refractivity contribution >= 4 is 16.1 Å². The van der Waals surface area contributed by atoms with Crippen LogP contribution in [0.4, 0.5) is 8.78 Å². The van der Waals surface area contributed by atoms with Gasteiger partial charge in [-0.05, 0) is 6.07 Å². The monoisotopic (exact) mass is 306 g/mol. The molecule has 0 saturated heterocycles. The molecule has 106 valence electrons. The van der Waals surface area contributed by atoms with Gasteiger partial charge in [-0.3, -0.25) is 0 Å². The molecule has 0 aliphatic heterocycles. The molecule has 0 N–H and O–H groups in total. The van der Waals surface area contributed by atoms with Crippen LogP contribution in [-0.4, -0.2) is 16.1 Å². The van der Waals surface area contributed by atoms with E-state index in [4.69, 9.17) is 0 Å². The normalized spacial score (nSPS) is 11.2. The molecule has 4 heteroatoms. The van der Waals surface area contributed by atoms with Crippen molar-refractivity contribution in [3.8, 4) is 22.9 Å². The predicted octanol–water partition coefficient (Wildman–Crippen LogP) is 4.42. The fraction of sp³-hybridized carbons (Fsp3) is 0.375. The maximum absolute atomic E-state index is 13.7. The summed E-state index contributed by atoms with van der Waals surface area (Å²) in [7, 11) is -3.19. The first-order valence-corrected chi connectivity index (χ1v) is 13.5. The van der Waals surface area contributed by atoms with Crippen LogP contribution in [0.5, 0.6) is 0 Å². The van der Waals surface area contributed by atoms with Crippen molar-refractivity contribution in [2.24, 2.45) is 0 Å². The fourth-order valence-corrected chi connectivity index (χ4v) is 2.27. The molecule has 1 rings (SSSR count). The van der Waals surface area contributed by atoms with E-state index in [2.05, 4.69) is 62.2 Å². The highest BCUT2D eigenvalue weighted by molar-refractivity contribution is 6.84. The topological polar surface area (TPSA) is 0 Å². The maximum Gasteiger partial charge on any atom is 0.141 e. The number of halogens is 2. The Kier molecular flexibility index (Phi) is 4.97. The van der Waals surface area contributed by atoms with Crippen LogP contribution >= 0.6 is 0 Å². The molecule has 0 bridgehead atoms. The largest absolute Gasteiger partial charge is 0.206 e. The Balaban J connectivity index is 3.28. The molecular formula is C16H20F2Si2. The molecule has 0 aliphatic rings. The molecule has 0 unspecified atom stereocenters. The van der Waals surface area contributed by atoms with Gasteiger partial charge in [-0.1, -0.05) is 51.1 Å². The van der Waals surface area contributed by atoms with Gasteiger partial charge < -0.3 is 0 Å². The summed E-state index contributed by atoms with van der Waals surface area (Å²) in [5.41, 5.74) is 6.63. The lowest BCUT2D eigenvalue weighted by atomic mass is 10.1. The maximum atomic E-state index is 13.7. The van der Waals surface area contributed by atoms with Gasteiger partial charge in [-0.2, -0.15) is 0 Å². The summed E-state index contributed by atoms with van der Waals surface area (Å²) in [5.74, 6) is 4.43. The Hall–Kier alpha value is -1.37. The Bertz CT molecular complexity index is 574. The van der Waals surface area contributed by atoms with Crippen molar-refractivity contribution in [1.29, 1.82) is 0 Å². The average Bonchev–Trinajstić information content (AvgIpc) is 2.24. The molecule has 0 atom stereocenters. The molecule has 0 radical (unpaired) electrons. The van der Waals surface area contributed by atoms with Crippen LogP contribution in [0, 0.1) is 34.6 Å². The molecule has 1 aromatic rings. The third kappa shape index (κ3) is 5.73. The first-order valence-electron chi connectivity index (χ1n) is 6.53. The fourth-order valence-electron chi connectivity index (χ4n) is 1.25. The molecule has 0 fully saturated rings. The predicted molar refractivity (Wildman–Crippen MR) is 86.8 cm³/mol. The van der Waals surface area contributed by atoms with Gasteiger partial charge in [0.1, 0.15) is 27.8 Å². The van der Waals surface area contributed by atoms with E-state index in [1.165, 1.54) is 6.07 Å². The second-order valence-corrected chi connectivity index (χ2v) is 16.3. The molecule has 0 heterocycles. The Labute approximate surface area is 122 Å². The third-order valence-corrected chi connectivity index (χ3v) is 3.95. The molecule has 0 aliphatic carbocycles. The van der Waals surface area contributed by atoms with Gasteiger partial charge in [0, 0.05) is 6.07 Å². The van der Waals surface area contributed by atoms with Gasteiger partial charge in [-0.15, -0.1) is 11.1 Å². The summed E-state index contributed by atoms with van der Waals surface area (Å²) >= 11 is 0. The summed E-state index contributed by atoms with van der Waals surface area (Å²) in [6.07, 6.45) is 0. The molecule has 0 saturated carbocycles. The van der Waals surface area contributed by atoms with Gasteiger partial charge in [0.2, 0.25) is 0 Å². The van der Waals surface area contributed by atoms with E-state index in [1.54, 1.807) is 0 Å². The standard InChI is InChI=1S/C16H20F2Si2/c1-19(2,3)9-7-13-11-14(8-10-20(4,5)6)16(18)12-15(13)17/h11-12H,1-6H3. The third-order valence-electron chi connectivity index (χ3n) is 2.20. The van der Waals surface area contributed by atoms with E-state index in [0.29, 0.717) is 0 Å². The zero-order chi connectivity index (χ0) is 15.6. The van der Waals surface area contributed by atoms with Crippen LogP contribution in [0.15, 0.2) is 12.1 Å². The summed E-state index contributed by atoms with van der Waals surface area (Å²) in [6, 6.07) is 2.30. The zero-order valence-corrected chi connectivity index (χ0v) is 14.9. The molecule has 0 amide bonds. The van der Waals surface area contributed by atoms with Gasteiger partial charge in [0.25, 0.3) is 0 Å². The van der Waals surface area contributed by atoms with Crippen LogP contribution in [0.25, 0.3) is 0 Å². The minimum atomic E-state index is -1.59. The molecular weight excluding hydrogens is 286 g/mol. The molecule has 20 heavy (non-hydrogen) atoms. The van der Waals surface area contributed by atoms with E-state index in [-0.39, 0.29) is 11.1 Å². The van der Waals surface area contributed by atoms with Crippen LogP contribution in [0.1, 0.15) is 11.1 Å². The quantitative estimate of drug-likeness (QED) is 0.491. The summed E-state index contributed by atoms with van der Waals surface area (Å²) < 4.78 is 27.4. The van der Waals surface area contributed by atoms with Crippen molar-refractivity contribution in [3.05, 3.63) is 34.9 Å². The second-order valence-electron chi connectivity index (χ2n) is 6.81. The first-order chi connectivity index (χ1) is 8.98. The van der Waals surface area contributed by atoms with E-state index < -0.39 is 27.8 Å². The van der Waals surface area contributed by atoms with E-state index in [1.807, 2.05) is 0 Å². The molecule has 1 aromatic carbocycles. The second kappa shape index (κ2) is 5.95. The lowest BCUT2D eigenvalue weighted by Crippen LogP contribution is -2.16. The van der Waals surface area contributed by atoms with Crippen LogP contribution in [0.3, 0.4) is 0 Å². The van der Waals surface area contributed by atoms with Gasteiger partial charge in [0.05, 0.1) is 11.1 Å². The number of rotatable bonds is 0. The molecule has 0 spiro atoms. The van der Waals surface area contributed by atoms with Crippen molar-refractivity contribution in [2.45, 2.75) is 39.3 Å². The summed E-state index contributed by atoms with van der Waals surface area (Å²) in [5, 5.41) is 0. The van der Waals surface area contributed by atoms with Crippen LogP contribution in [0.2, 0.25) is 39.3 Å². The SMILES string of the molecule is C[Si](C)(C)C#Cc1cc(C#C[Si](C)(C)C)c(F)cc1F. The van der Waals surface area contributed by atoms with Gasteiger partial charge in [0.15, 0.2) is 0 Å². The number of hydrogen-bond donors (Lipinski definition) is 0. The van der Waals surface area contributed by atoms with E-state index in [0.717, 1.165) is 6.07 Å². The Morgan fingerprint density at radius 3 is 1.35 bits per heavy atom.